The van der Waals surface area contributed by atoms with Gasteiger partial charge in [-0.1, -0.05) is 19.0 Å². The molecule has 3 heterocycles. The minimum Gasteiger partial charge on any atom is -0.490 e. The van der Waals surface area contributed by atoms with Gasteiger partial charge < -0.3 is 19.8 Å². The second kappa shape index (κ2) is 8.12. The quantitative estimate of drug-likeness (QED) is 0.616. The Labute approximate surface area is 173 Å². The van der Waals surface area contributed by atoms with Crippen LogP contribution in [0.1, 0.15) is 22.8 Å². The number of aromatic nitrogens is 2. The minimum atomic E-state index is -0.327. The molecule has 0 saturated carbocycles. The first-order valence-corrected chi connectivity index (χ1v) is 10.2. The van der Waals surface area contributed by atoms with E-state index in [1.807, 2.05) is 38.7 Å². The molecule has 2 aromatic heterocycles. The van der Waals surface area contributed by atoms with E-state index in [2.05, 4.69) is 21.7 Å². The summed E-state index contributed by atoms with van der Waals surface area (Å²) in [5.74, 6) is 0.269. The number of carbonyl (C=O) groups is 2. The molecule has 7 nitrogen and oxygen atoms in total. The number of amides is 2. The molecule has 0 unspecified atom stereocenters. The molecular weight excluding hydrogens is 387 g/mol. The molecule has 29 heavy (non-hydrogen) atoms. The van der Waals surface area contributed by atoms with Gasteiger partial charge >= 0.3 is 0 Å². The maximum absolute atomic E-state index is 12.2. The molecule has 0 bridgehead atoms. The lowest BCUT2D eigenvalue weighted by Crippen LogP contribution is -2.32. The Hall–Kier alpha value is -3.07. The van der Waals surface area contributed by atoms with E-state index in [0.29, 0.717) is 10.7 Å². The number of nitrogens with zero attached hydrogens (tertiary/aromatic N) is 2. The Morgan fingerprint density at radius 2 is 2.24 bits per heavy atom. The van der Waals surface area contributed by atoms with E-state index < -0.39 is 0 Å². The molecular formula is C20H20BN4O3S. The van der Waals surface area contributed by atoms with Crippen LogP contribution in [0, 0.1) is 0 Å². The van der Waals surface area contributed by atoms with Gasteiger partial charge in [-0.25, -0.2) is 4.98 Å². The molecule has 0 spiro atoms. The van der Waals surface area contributed by atoms with E-state index in [0.717, 1.165) is 23.4 Å². The smallest absolute Gasteiger partial charge is 0.253 e. The van der Waals surface area contributed by atoms with Gasteiger partial charge in [0.05, 0.1) is 17.8 Å². The Balaban J connectivity index is 1.33. The van der Waals surface area contributed by atoms with Gasteiger partial charge in [-0.3, -0.25) is 9.59 Å². The largest absolute Gasteiger partial charge is 0.490 e. The molecule has 0 aliphatic carbocycles. The lowest BCUT2D eigenvalue weighted by Gasteiger charge is -2.04. The summed E-state index contributed by atoms with van der Waals surface area (Å²) in [5.41, 5.74) is 3.42. The fourth-order valence-corrected chi connectivity index (χ4v) is 3.89. The predicted octanol–water partition coefficient (Wildman–Crippen LogP) is 2.82. The number of rotatable bonds is 6. The van der Waals surface area contributed by atoms with Crippen LogP contribution in [0.15, 0.2) is 42.0 Å². The van der Waals surface area contributed by atoms with Gasteiger partial charge in [-0.05, 0) is 30.8 Å². The van der Waals surface area contributed by atoms with Gasteiger partial charge in [-0.15, -0.1) is 11.3 Å². The van der Waals surface area contributed by atoms with Crippen LogP contribution >= 0.6 is 11.3 Å². The van der Waals surface area contributed by atoms with Crippen molar-refractivity contribution in [3.8, 4) is 17.0 Å². The summed E-state index contributed by atoms with van der Waals surface area (Å²) in [7, 11) is 1.83. The normalized spacial score (nSPS) is 14.8. The fourth-order valence-electron chi connectivity index (χ4n) is 3.16. The van der Waals surface area contributed by atoms with Crippen molar-refractivity contribution < 1.29 is 14.3 Å². The second-order valence-corrected chi connectivity index (χ2v) is 7.69. The molecule has 2 amide bonds. The number of thiazole rings is 1. The van der Waals surface area contributed by atoms with E-state index in [4.69, 9.17) is 4.74 Å². The summed E-state index contributed by atoms with van der Waals surface area (Å²) in [6.45, 7) is 3.79. The molecule has 4 rings (SSSR count). The first-order valence-electron chi connectivity index (χ1n) is 9.32. The maximum Gasteiger partial charge on any atom is 0.253 e. The molecule has 9 heteroatoms. The first kappa shape index (κ1) is 19.3. The zero-order valence-corrected chi connectivity index (χ0v) is 17.0. The zero-order chi connectivity index (χ0) is 20.4. The van der Waals surface area contributed by atoms with Crippen molar-refractivity contribution in [1.82, 2.24) is 14.8 Å². The minimum absolute atomic E-state index is 0.126. The Kier molecular flexibility index (Phi) is 5.39. The summed E-state index contributed by atoms with van der Waals surface area (Å²) in [5, 5.41) is 7.71. The molecule has 1 aromatic carbocycles. The summed E-state index contributed by atoms with van der Waals surface area (Å²) < 4.78 is 7.58. The van der Waals surface area contributed by atoms with Crippen molar-refractivity contribution in [2.24, 2.45) is 0 Å². The van der Waals surface area contributed by atoms with Crippen LogP contribution < -0.4 is 15.4 Å². The van der Waals surface area contributed by atoms with Gasteiger partial charge in [0.25, 0.3) is 5.91 Å². The summed E-state index contributed by atoms with van der Waals surface area (Å²) in [6, 6.07) is 7.76. The molecule has 1 aliphatic heterocycles. The van der Waals surface area contributed by atoms with E-state index >= 15 is 0 Å². The Morgan fingerprint density at radius 3 is 3.03 bits per heavy atom. The third kappa shape index (κ3) is 4.35. The zero-order valence-electron chi connectivity index (χ0n) is 16.1. The SMILES string of the molecule is C[B]n1ccc(C(=O)NCC(=O)Nc2nc(-c3ccc4c(c3)O[C@H](C)C4)cs2)c1. The van der Waals surface area contributed by atoms with Crippen molar-refractivity contribution in [2.75, 3.05) is 11.9 Å². The van der Waals surface area contributed by atoms with Crippen LogP contribution in [0.5, 0.6) is 5.75 Å². The van der Waals surface area contributed by atoms with E-state index in [1.54, 1.807) is 22.9 Å². The van der Waals surface area contributed by atoms with Gasteiger partial charge in [0.1, 0.15) is 11.9 Å². The van der Waals surface area contributed by atoms with Crippen molar-refractivity contribution in [3.63, 3.8) is 0 Å². The van der Waals surface area contributed by atoms with E-state index in [-0.39, 0.29) is 24.5 Å². The predicted molar refractivity (Wildman–Crippen MR) is 114 cm³/mol. The van der Waals surface area contributed by atoms with Crippen LogP contribution in [0.3, 0.4) is 0 Å². The molecule has 1 aliphatic rings. The Bertz CT molecular complexity index is 1060. The number of hydrogen-bond acceptors (Lipinski definition) is 5. The van der Waals surface area contributed by atoms with E-state index in [9.17, 15) is 9.59 Å². The number of benzene rings is 1. The third-order valence-corrected chi connectivity index (χ3v) is 5.39. The number of fused-ring (bicyclic) bond motifs is 1. The molecule has 0 fully saturated rings. The number of hydrogen-bond donors (Lipinski definition) is 2. The molecule has 147 valence electrons. The van der Waals surface area contributed by atoms with Crippen LogP contribution in [-0.2, 0) is 11.2 Å². The highest BCUT2D eigenvalue weighted by atomic mass is 32.1. The molecule has 2 N–H and O–H groups in total. The first-order chi connectivity index (χ1) is 14.0. The summed E-state index contributed by atoms with van der Waals surface area (Å²) in [6.07, 6.45) is 4.58. The van der Waals surface area contributed by atoms with Crippen LogP contribution in [0.4, 0.5) is 5.13 Å². The van der Waals surface area contributed by atoms with Crippen molar-refractivity contribution in [2.45, 2.75) is 26.3 Å². The monoisotopic (exact) mass is 407 g/mol. The fraction of sp³-hybridized carbons (Fsp3) is 0.250. The second-order valence-electron chi connectivity index (χ2n) is 6.83. The number of nitrogens with one attached hydrogen (secondary N) is 2. The average Bonchev–Trinajstić information content (AvgIpc) is 3.44. The highest BCUT2D eigenvalue weighted by Crippen LogP contribution is 2.34. The maximum atomic E-state index is 12.2. The van der Waals surface area contributed by atoms with Gasteiger partial charge in [0, 0.05) is 23.6 Å². The van der Waals surface area contributed by atoms with Crippen molar-refractivity contribution in [1.29, 1.82) is 0 Å². The molecule has 1 radical (unpaired) electrons. The molecule has 1 atom stereocenters. The number of ether oxygens (including phenoxy) is 1. The lowest BCUT2D eigenvalue weighted by atomic mass is 10.0. The van der Waals surface area contributed by atoms with Crippen molar-refractivity contribution in [3.05, 3.63) is 53.2 Å². The molecule has 0 saturated heterocycles. The van der Waals surface area contributed by atoms with Crippen LogP contribution in [0.25, 0.3) is 11.3 Å². The van der Waals surface area contributed by atoms with Gasteiger partial charge in [-0.2, -0.15) is 0 Å². The van der Waals surface area contributed by atoms with Crippen LogP contribution in [0.2, 0.25) is 6.82 Å². The van der Waals surface area contributed by atoms with Crippen LogP contribution in [-0.4, -0.2) is 41.3 Å². The average molecular weight is 407 g/mol. The number of carbonyl (C=O) groups excluding carboxylic acids is 2. The summed E-state index contributed by atoms with van der Waals surface area (Å²) in [4.78, 5) is 28.7. The highest BCUT2D eigenvalue weighted by molar-refractivity contribution is 7.14. The lowest BCUT2D eigenvalue weighted by molar-refractivity contribution is -0.115. The summed E-state index contributed by atoms with van der Waals surface area (Å²) >= 11 is 1.34. The third-order valence-electron chi connectivity index (χ3n) is 4.63. The van der Waals surface area contributed by atoms with Gasteiger partial charge in [0.2, 0.25) is 13.3 Å². The van der Waals surface area contributed by atoms with Gasteiger partial charge in [0.15, 0.2) is 5.13 Å². The molecule has 3 aromatic rings. The van der Waals surface area contributed by atoms with Crippen molar-refractivity contribution >= 4 is 35.7 Å². The standard InChI is InChI=1S/C20H20BN4O3S/c1-12-7-14-4-3-13(8-17(14)28-12)16-11-29-20(23-16)24-18(26)9-22-19(27)15-5-6-25(10-15)21-2/h3-6,8,10-12H,7,9H2,1-2H3,(H,22,27)(H,23,24,26)/t12-/m1/s1. The number of anilines is 1. The highest BCUT2D eigenvalue weighted by Gasteiger charge is 2.20. The topological polar surface area (TPSA) is 85.3 Å². The van der Waals surface area contributed by atoms with E-state index in [1.165, 1.54) is 16.9 Å². The Morgan fingerprint density at radius 1 is 1.38 bits per heavy atom.